The standard InChI is InChI=1S/C32H29F2N3O5/c33-23-12-11-22(26(34)14-23)15-35-31(39)25-16-36-17-27-37(24(19-41-27)13-20-7-3-1-4-8-20)32(40)28(36)30(29(25)38)42-18-21-9-5-2-6-10-21/h1-12,14,24-25,27H,13,15-19H2,(H,35,39)/t24-,25?,27+/m0/s1. The minimum Gasteiger partial charge on any atom is -0.483 e. The van der Waals surface area contributed by atoms with Crippen LogP contribution in [0.3, 0.4) is 0 Å². The van der Waals surface area contributed by atoms with Gasteiger partial charge in [0, 0.05) is 24.7 Å². The molecule has 0 aliphatic carbocycles. The highest BCUT2D eigenvalue weighted by Crippen LogP contribution is 2.35. The summed E-state index contributed by atoms with van der Waals surface area (Å²) in [4.78, 5) is 44.4. The van der Waals surface area contributed by atoms with Crippen LogP contribution in [-0.4, -0.2) is 59.4 Å². The normalized spacial score (nSPS) is 21.7. The van der Waals surface area contributed by atoms with Crippen molar-refractivity contribution in [1.29, 1.82) is 0 Å². The van der Waals surface area contributed by atoms with Crippen molar-refractivity contribution in [2.24, 2.45) is 5.92 Å². The largest absolute Gasteiger partial charge is 0.483 e. The van der Waals surface area contributed by atoms with Crippen LogP contribution in [0.5, 0.6) is 0 Å². The Morgan fingerprint density at radius 3 is 2.38 bits per heavy atom. The van der Waals surface area contributed by atoms with Crippen LogP contribution in [-0.2, 0) is 43.4 Å². The molecule has 1 unspecified atom stereocenters. The Morgan fingerprint density at radius 1 is 0.952 bits per heavy atom. The number of piperazine rings is 1. The Hall–Kier alpha value is -4.57. The number of fused-ring (bicyclic) bond motifs is 2. The predicted molar refractivity (Wildman–Crippen MR) is 147 cm³/mol. The second-order valence-corrected chi connectivity index (χ2v) is 10.6. The Labute approximate surface area is 241 Å². The van der Waals surface area contributed by atoms with E-state index in [2.05, 4.69) is 5.32 Å². The predicted octanol–water partition coefficient (Wildman–Crippen LogP) is 3.32. The van der Waals surface area contributed by atoms with Gasteiger partial charge in [-0.2, -0.15) is 0 Å². The number of ether oxygens (including phenoxy) is 2. The number of halogens is 2. The number of carbonyl (C=O) groups excluding carboxylic acids is 3. The molecule has 0 saturated carbocycles. The summed E-state index contributed by atoms with van der Waals surface area (Å²) in [5.41, 5.74) is 2.04. The molecule has 42 heavy (non-hydrogen) atoms. The van der Waals surface area contributed by atoms with E-state index in [9.17, 15) is 23.2 Å². The molecule has 0 bridgehead atoms. The van der Waals surface area contributed by atoms with Gasteiger partial charge in [-0.3, -0.25) is 14.4 Å². The smallest absolute Gasteiger partial charge is 0.276 e. The van der Waals surface area contributed by atoms with Gasteiger partial charge in [0.2, 0.25) is 11.7 Å². The number of Topliss-reactive ketones (excluding diaryl/α,β-unsaturated/α-hetero) is 1. The molecule has 2 saturated heterocycles. The molecule has 3 aromatic rings. The molecule has 8 nitrogen and oxygen atoms in total. The topological polar surface area (TPSA) is 88.2 Å². The van der Waals surface area contributed by atoms with Crippen molar-refractivity contribution in [2.75, 3.05) is 19.7 Å². The lowest BCUT2D eigenvalue weighted by Crippen LogP contribution is -2.60. The van der Waals surface area contributed by atoms with Gasteiger partial charge in [-0.05, 0) is 23.6 Å². The van der Waals surface area contributed by atoms with Crippen molar-refractivity contribution in [3.8, 4) is 0 Å². The van der Waals surface area contributed by atoms with Crippen LogP contribution in [0.15, 0.2) is 90.3 Å². The number of benzene rings is 3. The Bertz CT molecular complexity index is 1530. The van der Waals surface area contributed by atoms with Crippen molar-refractivity contribution in [3.63, 3.8) is 0 Å². The fourth-order valence-corrected chi connectivity index (χ4v) is 5.66. The van der Waals surface area contributed by atoms with Crippen molar-refractivity contribution >= 4 is 17.6 Å². The van der Waals surface area contributed by atoms with Crippen LogP contribution in [0.1, 0.15) is 16.7 Å². The quantitative estimate of drug-likeness (QED) is 0.416. The first-order valence-electron chi connectivity index (χ1n) is 13.8. The second-order valence-electron chi connectivity index (χ2n) is 10.6. The molecule has 3 heterocycles. The molecule has 3 aliphatic heterocycles. The van der Waals surface area contributed by atoms with Crippen LogP contribution >= 0.6 is 0 Å². The van der Waals surface area contributed by atoms with Crippen LogP contribution in [0.25, 0.3) is 0 Å². The summed E-state index contributed by atoms with van der Waals surface area (Å²) < 4.78 is 39.5. The van der Waals surface area contributed by atoms with Gasteiger partial charge in [0.25, 0.3) is 5.91 Å². The molecule has 10 heteroatoms. The van der Waals surface area contributed by atoms with Crippen molar-refractivity contribution in [2.45, 2.75) is 31.8 Å². The Balaban J connectivity index is 1.27. The van der Waals surface area contributed by atoms with Crippen LogP contribution in [0.4, 0.5) is 8.78 Å². The number of carbonyl (C=O) groups is 3. The first-order chi connectivity index (χ1) is 20.4. The summed E-state index contributed by atoms with van der Waals surface area (Å²) in [6, 6.07) is 21.8. The molecule has 3 atom stereocenters. The monoisotopic (exact) mass is 573 g/mol. The third-order valence-corrected chi connectivity index (χ3v) is 7.80. The maximum Gasteiger partial charge on any atom is 0.276 e. The number of hydrogen-bond acceptors (Lipinski definition) is 6. The van der Waals surface area contributed by atoms with E-state index in [0.717, 1.165) is 23.3 Å². The molecule has 216 valence electrons. The molecule has 0 radical (unpaired) electrons. The highest BCUT2D eigenvalue weighted by molar-refractivity contribution is 6.14. The number of amides is 2. The number of hydrogen-bond donors (Lipinski definition) is 1. The van der Waals surface area contributed by atoms with E-state index in [1.807, 2.05) is 60.7 Å². The van der Waals surface area contributed by atoms with Crippen molar-refractivity contribution < 1.29 is 32.6 Å². The van der Waals surface area contributed by atoms with Crippen LogP contribution in [0.2, 0.25) is 0 Å². The lowest BCUT2D eigenvalue weighted by Gasteiger charge is -2.44. The number of nitrogens with zero attached hydrogens (tertiary/aromatic N) is 2. The minimum atomic E-state index is -1.20. The van der Waals surface area contributed by atoms with Crippen molar-refractivity contribution in [3.05, 3.63) is 119 Å². The van der Waals surface area contributed by atoms with E-state index < -0.39 is 35.5 Å². The molecular formula is C32H29F2N3O5. The molecular weight excluding hydrogens is 544 g/mol. The van der Waals surface area contributed by atoms with E-state index in [-0.39, 0.29) is 55.2 Å². The zero-order valence-electron chi connectivity index (χ0n) is 22.7. The van der Waals surface area contributed by atoms with Crippen LogP contribution < -0.4 is 5.32 Å². The minimum absolute atomic E-state index is 0.0229. The summed E-state index contributed by atoms with van der Waals surface area (Å²) in [6.07, 6.45) is 0.0470. The van der Waals surface area contributed by atoms with Gasteiger partial charge in [-0.1, -0.05) is 66.7 Å². The average Bonchev–Trinajstić information content (AvgIpc) is 3.39. The summed E-state index contributed by atoms with van der Waals surface area (Å²) >= 11 is 0. The first kappa shape index (κ1) is 27.6. The maximum atomic E-state index is 14.2. The summed E-state index contributed by atoms with van der Waals surface area (Å²) in [5.74, 6) is -4.56. The fourth-order valence-electron chi connectivity index (χ4n) is 5.66. The van der Waals surface area contributed by atoms with Gasteiger partial charge in [0.1, 0.15) is 29.9 Å². The first-order valence-corrected chi connectivity index (χ1v) is 13.8. The summed E-state index contributed by atoms with van der Waals surface area (Å²) in [6.45, 7) is 0.328. The SMILES string of the molecule is O=C(NCc1ccc(F)cc1F)C1CN2C[C@H]3OC[C@H](Cc4ccccc4)N3C(=O)C2=C(OCc2ccccc2)C1=O. The summed E-state index contributed by atoms with van der Waals surface area (Å²) in [7, 11) is 0. The number of ketones is 1. The lowest BCUT2D eigenvalue weighted by atomic mass is 9.92. The maximum absolute atomic E-state index is 14.2. The molecule has 0 aromatic heterocycles. The van der Waals surface area contributed by atoms with E-state index in [4.69, 9.17) is 9.47 Å². The van der Waals surface area contributed by atoms with Gasteiger partial charge < -0.3 is 24.6 Å². The van der Waals surface area contributed by atoms with E-state index in [1.54, 1.807) is 9.80 Å². The zero-order valence-corrected chi connectivity index (χ0v) is 22.7. The molecule has 2 amide bonds. The number of nitrogens with one attached hydrogen (secondary N) is 1. The van der Waals surface area contributed by atoms with Gasteiger partial charge in [-0.15, -0.1) is 0 Å². The molecule has 3 aromatic carbocycles. The highest BCUT2D eigenvalue weighted by atomic mass is 19.1. The van der Waals surface area contributed by atoms with E-state index >= 15 is 0 Å². The fraction of sp³-hybridized carbons (Fsp3) is 0.281. The van der Waals surface area contributed by atoms with E-state index in [1.165, 1.54) is 6.07 Å². The zero-order chi connectivity index (χ0) is 29.2. The third-order valence-electron chi connectivity index (χ3n) is 7.80. The lowest BCUT2D eigenvalue weighted by molar-refractivity contribution is -0.148. The Morgan fingerprint density at radius 2 is 1.67 bits per heavy atom. The highest BCUT2D eigenvalue weighted by Gasteiger charge is 2.51. The molecule has 6 rings (SSSR count). The van der Waals surface area contributed by atoms with Gasteiger partial charge >= 0.3 is 0 Å². The number of allylic oxidation sites excluding steroid dienone is 1. The molecule has 3 aliphatic rings. The molecule has 1 N–H and O–H groups in total. The molecule has 0 spiro atoms. The van der Waals surface area contributed by atoms with Gasteiger partial charge in [0.15, 0.2) is 12.0 Å². The molecule has 2 fully saturated rings. The third kappa shape index (κ3) is 5.49. The van der Waals surface area contributed by atoms with Crippen molar-refractivity contribution in [1.82, 2.24) is 15.1 Å². The second kappa shape index (κ2) is 11.7. The van der Waals surface area contributed by atoms with Crippen LogP contribution in [0, 0.1) is 17.6 Å². The van der Waals surface area contributed by atoms with E-state index in [0.29, 0.717) is 13.0 Å². The average molecular weight is 574 g/mol. The number of rotatable bonds is 8. The van der Waals surface area contributed by atoms with Gasteiger partial charge in [-0.25, -0.2) is 8.78 Å². The Kier molecular flexibility index (Phi) is 7.71. The van der Waals surface area contributed by atoms with Gasteiger partial charge in [0.05, 0.1) is 19.2 Å². The summed E-state index contributed by atoms with van der Waals surface area (Å²) in [5, 5.41) is 2.59.